The van der Waals surface area contributed by atoms with Gasteiger partial charge in [0.05, 0.1) is 23.6 Å². The lowest BCUT2D eigenvalue weighted by Crippen LogP contribution is -2.44. The molecule has 0 N–H and O–H groups in total. The normalized spacial score (nSPS) is 18.5. The van der Waals surface area contributed by atoms with Crippen molar-refractivity contribution in [2.75, 3.05) is 40.3 Å². The van der Waals surface area contributed by atoms with Crippen molar-refractivity contribution in [1.29, 1.82) is 0 Å². The first kappa shape index (κ1) is 23.2. The number of benzene rings is 2. The van der Waals surface area contributed by atoms with Gasteiger partial charge in [0.1, 0.15) is 11.5 Å². The van der Waals surface area contributed by atoms with E-state index in [1.165, 1.54) is 16.8 Å². The molecular weight excluding hydrogens is 450 g/mol. The van der Waals surface area contributed by atoms with Crippen molar-refractivity contribution < 1.29 is 17.9 Å². The number of aromatic nitrogens is 1. The van der Waals surface area contributed by atoms with Crippen molar-refractivity contribution >= 4 is 20.9 Å². The van der Waals surface area contributed by atoms with Crippen molar-refractivity contribution in [3.63, 3.8) is 0 Å². The summed E-state index contributed by atoms with van der Waals surface area (Å²) >= 11 is 0. The fraction of sp³-hybridized carbons (Fsp3) is 0.462. The molecule has 0 bridgehead atoms. The SMILES string of the molecule is COc1ccc(S(=O)(=O)n2c(CN3CCN(C)CC3)cc3cc(OC4CCCC4)ccc32)cc1. The van der Waals surface area contributed by atoms with Gasteiger partial charge < -0.3 is 14.4 Å². The van der Waals surface area contributed by atoms with Gasteiger partial charge in [-0.25, -0.2) is 12.4 Å². The third-order valence-corrected chi connectivity index (χ3v) is 8.76. The van der Waals surface area contributed by atoms with Crippen LogP contribution in [-0.4, -0.2) is 68.6 Å². The van der Waals surface area contributed by atoms with E-state index in [1.54, 1.807) is 31.4 Å². The number of methoxy groups -OCH3 is 1. The molecule has 0 amide bonds. The first-order chi connectivity index (χ1) is 16.4. The van der Waals surface area contributed by atoms with Gasteiger partial charge in [-0.15, -0.1) is 0 Å². The summed E-state index contributed by atoms with van der Waals surface area (Å²) < 4.78 is 40.6. The standard InChI is InChI=1S/C26H33N3O4S/c1-27-13-15-28(16-14-27)19-21-17-20-18-24(33-23-5-3-4-6-23)9-12-26(20)29(21)34(30,31)25-10-7-22(32-2)8-11-25/h7-12,17-18,23H,3-6,13-16,19H2,1-2H3. The Morgan fingerprint density at radius 1 is 0.912 bits per heavy atom. The molecule has 2 heterocycles. The van der Waals surface area contributed by atoms with Gasteiger partial charge in [-0.2, -0.15) is 0 Å². The number of fused-ring (bicyclic) bond motifs is 1. The van der Waals surface area contributed by atoms with E-state index in [4.69, 9.17) is 9.47 Å². The van der Waals surface area contributed by atoms with E-state index >= 15 is 0 Å². The third-order valence-electron chi connectivity index (χ3n) is 6.98. The molecule has 2 aliphatic rings. The van der Waals surface area contributed by atoms with Gasteiger partial charge in [0.25, 0.3) is 10.0 Å². The smallest absolute Gasteiger partial charge is 0.268 e. The number of hydrogen-bond acceptors (Lipinski definition) is 6. The summed E-state index contributed by atoms with van der Waals surface area (Å²) in [5, 5.41) is 0.886. The lowest BCUT2D eigenvalue weighted by Gasteiger charge is -2.32. The van der Waals surface area contributed by atoms with E-state index in [2.05, 4.69) is 16.8 Å². The number of ether oxygens (including phenoxy) is 2. The molecule has 1 aromatic heterocycles. The summed E-state index contributed by atoms with van der Waals surface area (Å²) in [7, 11) is -0.100. The summed E-state index contributed by atoms with van der Waals surface area (Å²) in [6.45, 7) is 4.36. The van der Waals surface area contributed by atoms with E-state index in [1.807, 2.05) is 24.3 Å². The largest absolute Gasteiger partial charge is 0.497 e. The number of rotatable bonds is 7. The highest BCUT2D eigenvalue weighted by Crippen LogP contribution is 2.32. The average molecular weight is 484 g/mol. The zero-order valence-corrected chi connectivity index (χ0v) is 20.8. The Morgan fingerprint density at radius 3 is 2.26 bits per heavy atom. The highest BCUT2D eigenvalue weighted by molar-refractivity contribution is 7.90. The van der Waals surface area contributed by atoms with Gasteiger partial charge in [0.15, 0.2) is 0 Å². The minimum absolute atomic E-state index is 0.247. The molecule has 0 radical (unpaired) electrons. The van der Waals surface area contributed by atoms with Crippen LogP contribution in [-0.2, 0) is 16.6 Å². The minimum Gasteiger partial charge on any atom is -0.497 e. The van der Waals surface area contributed by atoms with Crippen molar-refractivity contribution in [3.05, 3.63) is 54.2 Å². The average Bonchev–Trinajstić information content (AvgIpc) is 3.48. The summed E-state index contributed by atoms with van der Waals surface area (Å²) in [5.41, 5.74) is 1.45. The Labute approximate surface area is 201 Å². The van der Waals surface area contributed by atoms with E-state index in [9.17, 15) is 8.42 Å². The van der Waals surface area contributed by atoms with E-state index in [-0.39, 0.29) is 11.0 Å². The lowest BCUT2D eigenvalue weighted by molar-refractivity contribution is 0.147. The van der Waals surface area contributed by atoms with Crippen molar-refractivity contribution in [2.24, 2.45) is 0 Å². The summed E-state index contributed by atoms with van der Waals surface area (Å²) in [6, 6.07) is 14.4. The maximum atomic E-state index is 13.9. The predicted octanol–water partition coefficient (Wildman–Crippen LogP) is 3.96. The molecule has 8 heteroatoms. The molecular formula is C26H33N3O4S. The van der Waals surface area contributed by atoms with Gasteiger partial charge in [-0.05, 0) is 81.3 Å². The Hall–Kier alpha value is -2.55. The van der Waals surface area contributed by atoms with E-state index in [0.717, 1.165) is 55.9 Å². The van der Waals surface area contributed by atoms with Crippen LogP contribution in [0.5, 0.6) is 11.5 Å². The Kier molecular flexibility index (Phi) is 6.55. The Morgan fingerprint density at radius 2 is 1.59 bits per heavy atom. The monoisotopic (exact) mass is 483 g/mol. The fourth-order valence-electron chi connectivity index (χ4n) is 4.98. The molecule has 1 aliphatic heterocycles. The first-order valence-electron chi connectivity index (χ1n) is 12.1. The van der Waals surface area contributed by atoms with Crippen LogP contribution in [0.3, 0.4) is 0 Å². The molecule has 0 atom stereocenters. The molecule has 0 spiro atoms. The highest BCUT2D eigenvalue weighted by atomic mass is 32.2. The molecule has 1 saturated heterocycles. The molecule has 0 unspecified atom stereocenters. The summed E-state index contributed by atoms with van der Waals surface area (Å²) in [4.78, 5) is 4.87. The number of piperazine rings is 1. The third kappa shape index (κ3) is 4.67. The number of likely N-dealkylation sites (N-methyl/N-ethyl adjacent to an activating group) is 1. The van der Waals surface area contributed by atoms with Crippen LogP contribution in [0, 0.1) is 0 Å². The summed E-state index contributed by atoms with van der Waals surface area (Å²) in [5.74, 6) is 1.44. The van der Waals surface area contributed by atoms with Crippen LogP contribution in [0.4, 0.5) is 0 Å². The zero-order chi connectivity index (χ0) is 23.7. The Bertz CT molecular complexity index is 1240. The molecule has 1 aliphatic carbocycles. The van der Waals surface area contributed by atoms with Crippen LogP contribution in [0.25, 0.3) is 10.9 Å². The number of hydrogen-bond donors (Lipinski definition) is 0. The van der Waals surface area contributed by atoms with Crippen LogP contribution < -0.4 is 9.47 Å². The second kappa shape index (κ2) is 9.60. The Balaban J connectivity index is 1.54. The molecule has 34 heavy (non-hydrogen) atoms. The summed E-state index contributed by atoms with van der Waals surface area (Å²) in [6.07, 6.45) is 4.84. The van der Waals surface area contributed by atoms with Gasteiger partial charge in [-0.3, -0.25) is 4.90 Å². The molecule has 3 aromatic rings. The van der Waals surface area contributed by atoms with E-state index < -0.39 is 10.0 Å². The molecule has 2 fully saturated rings. The quantitative estimate of drug-likeness (QED) is 0.507. The second-order valence-electron chi connectivity index (χ2n) is 9.41. The topological polar surface area (TPSA) is 64.0 Å². The minimum atomic E-state index is -3.79. The van der Waals surface area contributed by atoms with Gasteiger partial charge in [0.2, 0.25) is 0 Å². The first-order valence-corrected chi connectivity index (χ1v) is 13.5. The van der Waals surface area contributed by atoms with Gasteiger partial charge in [-0.1, -0.05) is 0 Å². The molecule has 2 aromatic carbocycles. The van der Waals surface area contributed by atoms with Crippen molar-refractivity contribution in [2.45, 2.75) is 43.2 Å². The molecule has 182 valence electrons. The zero-order valence-electron chi connectivity index (χ0n) is 19.9. The maximum absolute atomic E-state index is 13.9. The molecule has 5 rings (SSSR count). The predicted molar refractivity (Wildman–Crippen MR) is 133 cm³/mol. The highest BCUT2D eigenvalue weighted by Gasteiger charge is 2.26. The number of nitrogens with zero attached hydrogens (tertiary/aromatic N) is 3. The van der Waals surface area contributed by atoms with Crippen molar-refractivity contribution in [3.8, 4) is 11.5 Å². The second-order valence-corrected chi connectivity index (χ2v) is 11.2. The van der Waals surface area contributed by atoms with Crippen molar-refractivity contribution in [1.82, 2.24) is 13.8 Å². The van der Waals surface area contributed by atoms with Gasteiger partial charge in [0, 0.05) is 43.8 Å². The van der Waals surface area contributed by atoms with Gasteiger partial charge >= 0.3 is 0 Å². The fourth-order valence-corrected chi connectivity index (χ4v) is 6.52. The van der Waals surface area contributed by atoms with E-state index in [0.29, 0.717) is 17.8 Å². The lowest BCUT2D eigenvalue weighted by atomic mass is 10.2. The molecule has 7 nitrogen and oxygen atoms in total. The van der Waals surface area contributed by atoms with Crippen LogP contribution in [0.2, 0.25) is 0 Å². The molecule has 1 saturated carbocycles. The van der Waals surface area contributed by atoms with Crippen LogP contribution in [0.1, 0.15) is 31.4 Å². The van der Waals surface area contributed by atoms with Crippen LogP contribution >= 0.6 is 0 Å². The maximum Gasteiger partial charge on any atom is 0.268 e. The van der Waals surface area contributed by atoms with Crippen LogP contribution in [0.15, 0.2) is 53.4 Å².